The summed E-state index contributed by atoms with van der Waals surface area (Å²) in [4.78, 5) is 2.90. The minimum Gasteiger partial charge on any atom is -0.474 e. The minimum atomic E-state index is -4.81. The Bertz CT molecular complexity index is 889. The highest BCUT2D eigenvalue weighted by atomic mass is 32.2. The van der Waals surface area contributed by atoms with Gasteiger partial charge in [0.15, 0.2) is 9.84 Å². The maximum absolute atomic E-state index is 13.5. The Morgan fingerprint density at radius 1 is 1.15 bits per heavy atom. The number of sulfone groups is 1. The van der Waals surface area contributed by atoms with Crippen LogP contribution in [0.25, 0.3) is 11.1 Å². The van der Waals surface area contributed by atoms with E-state index in [0.29, 0.717) is 6.20 Å². The molecule has 0 bridgehead atoms. The van der Waals surface area contributed by atoms with E-state index in [1.165, 1.54) is 38.1 Å². The fourth-order valence-corrected chi connectivity index (χ4v) is 3.30. The Morgan fingerprint density at radius 2 is 1.73 bits per heavy atom. The fraction of sp³-hybridized carbons (Fsp3) is 0.353. The second-order valence-electron chi connectivity index (χ2n) is 6.42. The summed E-state index contributed by atoms with van der Waals surface area (Å²) in [7, 11) is -4.13. The number of hydrogen-bond donors (Lipinski definition) is 1. The fourth-order valence-electron chi connectivity index (χ4n) is 2.27. The van der Waals surface area contributed by atoms with E-state index in [0.717, 1.165) is 6.26 Å². The average molecular weight is 389 g/mol. The lowest BCUT2D eigenvalue weighted by Gasteiger charge is -2.21. The number of aliphatic hydroxyl groups is 1. The van der Waals surface area contributed by atoms with Gasteiger partial charge in [-0.2, -0.15) is 13.2 Å². The van der Waals surface area contributed by atoms with Gasteiger partial charge in [-0.25, -0.2) is 13.4 Å². The molecule has 1 aromatic heterocycles. The van der Waals surface area contributed by atoms with Gasteiger partial charge in [0.2, 0.25) is 5.88 Å². The molecule has 0 fully saturated rings. The molecule has 0 aliphatic rings. The molecule has 0 aliphatic heterocycles. The number of benzene rings is 1. The molecule has 0 unspecified atom stereocenters. The molecule has 0 saturated carbocycles. The predicted octanol–water partition coefficient (Wildman–Crippen LogP) is 3.32. The number of alkyl halides is 3. The molecular weight excluding hydrogens is 371 g/mol. The molecule has 5 nitrogen and oxygen atoms in total. The van der Waals surface area contributed by atoms with Crippen LogP contribution in [0, 0.1) is 0 Å². The zero-order valence-corrected chi connectivity index (χ0v) is 15.1. The van der Waals surface area contributed by atoms with Crippen LogP contribution in [0.4, 0.5) is 13.2 Å². The van der Waals surface area contributed by atoms with Crippen LogP contribution in [0.3, 0.4) is 0 Å². The number of pyridine rings is 1. The summed E-state index contributed by atoms with van der Waals surface area (Å²) in [5.74, 6) is -0.485. The Morgan fingerprint density at radius 3 is 2.19 bits per heavy atom. The van der Waals surface area contributed by atoms with Crippen LogP contribution in [0.2, 0.25) is 0 Å². The van der Waals surface area contributed by atoms with Crippen LogP contribution in [0.15, 0.2) is 41.4 Å². The largest absolute Gasteiger partial charge is 0.474 e. The van der Waals surface area contributed by atoms with E-state index in [4.69, 9.17) is 4.74 Å². The molecule has 142 valence electrons. The van der Waals surface area contributed by atoms with Crippen LogP contribution in [-0.2, 0) is 16.0 Å². The van der Waals surface area contributed by atoms with Gasteiger partial charge in [0.1, 0.15) is 11.5 Å². The van der Waals surface area contributed by atoms with E-state index in [-0.39, 0.29) is 12.2 Å². The Balaban J connectivity index is 2.83. The van der Waals surface area contributed by atoms with Crippen molar-refractivity contribution in [3.63, 3.8) is 0 Å². The van der Waals surface area contributed by atoms with E-state index in [2.05, 4.69) is 4.98 Å². The van der Waals surface area contributed by atoms with E-state index in [9.17, 15) is 26.7 Å². The summed E-state index contributed by atoms with van der Waals surface area (Å²) < 4.78 is 70.3. The lowest BCUT2D eigenvalue weighted by atomic mass is 10.0. The van der Waals surface area contributed by atoms with Gasteiger partial charge in [-0.3, -0.25) is 0 Å². The van der Waals surface area contributed by atoms with E-state index >= 15 is 0 Å². The molecule has 0 atom stereocenters. The number of hydrogen-bond acceptors (Lipinski definition) is 5. The summed E-state index contributed by atoms with van der Waals surface area (Å²) in [6, 6.07) is 7.35. The summed E-state index contributed by atoms with van der Waals surface area (Å²) in [5.41, 5.74) is -2.97. The first-order valence-corrected chi connectivity index (χ1v) is 9.41. The summed E-state index contributed by atoms with van der Waals surface area (Å²) in [6.07, 6.45) is -3.49. The van der Waals surface area contributed by atoms with Gasteiger partial charge in [0.25, 0.3) is 0 Å². The average Bonchev–Trinajstić information content (AvgIpc) is 2.50. The molecule has 0 saturated heterocycles. The minimum absolute atomic E-state index is 0.0655. The van der Waals surface area contributed by atoms with Crippen LogP contribution >= 0.6 is 0 Å². The number of aromatic nitrogens is 1. The third-order valence-corrected chi connectivity index (χ3v) is 4.42. The Hall–Kier alpha value is -2.13. The molecule has 0 aliphatic carbocycles. The molecule has 0 radical (unpaired) electrons. The molecule has 26 heavy (non-hydrogen) atoms. The summed E-state index contributed by atoms with van der Waals surface area (Å²) in [5, 5.41) is 9.76. The van der Waals surface area contributed by atoms with Crippen LogP contribution < -0.4 is 4.74 Å². The summed E-state index contributed by atoms with van der Waals surface area (Å²) in [6.45, 7) is 2.48. The van der Waals surface area contributed by atoms with E-state index in [1.54, 1.807) is 6.07 Å². The Labute approximate surface area is 149 Å². The molecule has 1 N–H and O–H groups in total. The van der Waals surface area contributed by atoms with E-state index in [1.807, 2.05) is 0 Å². The van der Waals surface area contributed by atoms with Crippen LogP contribution in [-0.4, -0.2) is 37.0 Å². The normalized spacial score (nSPS) is 12.9. The van der Waals surface area contributed by atoms with Crippen molar-refractivity contribution in [3.8, 4) is 17.0 Å². The standard InChI is InChI=1S/C17H18F3NO4S/c1-16(2,22)10-25-15-14(26(3,23)24)13(11-7-5-4-6-8-11)12(9-21-15)17(18,19)20/h4-9,22H,10H2,1-3H3. The van der Waals surface area contributed by atoms with E-state index < -0.39 is 43.5 Å². The molecule has 1 heterocycles. The van der Waals surface area contributed by atoms with Gasteiger partial charge < -0.3 is 9.84 Å². The predicted molar refractivity (Wildman–Crippen MR) is 89.6 cm³/mol. The quantitative estimate of drug-likeness (QED) is 0.849. The first-order chi connectivity index (χ1) is 11.8. The second-order valence-corrected chi connectivity index (χ2v) is 8.37. The number of ether oxygens (including phenoxy) is 1. The first kappa shape index (κ1) is 20.2. The third kappa shape index (κ3) is 4.73. The molecule has 0 spiro atoms. The smallest absolute Gasteiger partial charge is 0.418 e. The number of halogens is 3. The van der Waals surface area contributed by atoms with Crippen molar-refractivity contribution in [1.82, 2.24) is 4.98 Å². The van der Waals surface area contributed by atoms with Gasteiger partial charge in [-0.1, -0.05) is 30.3 Å². The van der Waals surface area contributed by atoms with Crippen molar-refractivity contribution in [1.29, 1.82) is 0 Å². The molecule has 2 aromatic rings. The van der Waals surface area contributed by atoms with Crippen molar-refractivity contribution in [3.05, 3.63) is 42.1 Å². The van der Waals surface area contributed by atoms with Gasteiger partial charge in [-0.15, -0.1) is 0 Å². The molecular formula is C17H18F3NO4S. The SMILES string of the molecule is CC(C)(O)COc1ncc(C(F)(F)F)c(-c2ccccc2)c1S(C)(=O)=O. The highest BCUT2D eigenvalue weighted by Gasteiger charge is 2.38. The highest BCUT2D eigenvalue weighted by molar-refractivity contribution is 7.91. The monoisotopic (exact) mass is 389 g/mol. The van der Waals surface area contributed by atoms with Crippen molar-refractivity contribution < 1.29 is 31.4 Å². The van der Waals surface area contributed by atoms with Gasteiger partial charge in [0.05, 0.1) is 11.2 Å². The van der Waals surface area contributed by atoms with Crippen molar-refractivity contribution in [2.75, 3.05) is 12.9 Å². The zero-order valence-electron chi connectivity index (χ0n) is 14.3. The number of nitrogens with zero attached hydrogens (tertiary/aromatic N) is 1. The molecule has 1 aromatic carbocycles. The van der Waals surface area contributed by atoms with Crippen LogP contribution in [0.5, 0.6) is 5.88 Å². The van der Waals surface area contributed by atoms with Gasteiger partial charge in [0, 0.05) is 18.0 Å². The lowest BCUT2D eigenvalue weighted by Crippen LogP contribution is -2.28. The van der Waals surface area contributed by atoms with Crippen molar-refractivity contribution in [2.45, 2.75) is 30.5 Å². The Kier molecular flexibility index (Phi) is 5.34. The zero-order chi connectivity index (χ0) is 19.8. The molecule has 2 rings (SSSR count). The van der Waals surface area contributed by atoms with Crippen LogP contribution in [0.1, 0.15) is 19.4 Å². The molecule has 9 heteroatoms. The second kappa shape index (κ2) is 6.88. The number of rotatable bonds is 5. The maximum Gasteiger partial charge on any atom is 0.418 e. The van der Waals surface area contributed by atoms with Gasteiger partial charge >= 0.3 is 6.18 Å². The molecule has 0 amide bonds. The van der Waals surface area contributed by atoms with Crippen molar-refractivity contribution >= 4 is 9.84 Å². The van der Waals surface area contributed by atoms with Gasteiger partial charge in [-0.05, 0) is 19.4 Å². The highest BCUT2D eigenvalue weighted by Crippen LogP contribution is 2.43. The van der Waals surface area contributed by atoms with Crippen molar-refractivity contribution in [2.24, 2.45) is 0 Å². The first-order valence-electron chi connectivity index (χ1n) is 7.51. The maximum atomic E-state index is 13.5. The summed E-state index contributed by atoms with van der Waals surface area (Å²) >= 11 is 0. The topological polar surface area (TPSA) is 76.5 Å². The lowest BCUT2D eigenvalue weighted by molar-refractivity contribution is -0.137. The third-order valence-electron chi connectivity index (χ3n) is 3.30.